The van der Waals surface area contributed by atoms with Crippen LogP contribution >= 0.6 is 34.2 Å². The molecule has 5 heteroatoms. The number of nitrogens with one attached hydrogen (secondary N) is 1. The lowest BCUT2D eigenvalue weighted by Gasteiger charge is -1.99. The Hall–Kier alpha value is -0.620. The first-order valence-electron chi connectivity index (χ1n) is 3.45. The Morgan fingerprint density at radius 1 is 1.23 bits per heavy atom. The fourth-order valence-electron chi connectivity index (χ4n) is 1.19. The molecule has 1 N–H and O–H groups in total. The highest BCUT2D eigenvalue weighted by Crippen LogP contribution is 2.27. The number of fused-ring (bicyclic) bond motifs is 1. The van der Waals surface area contributed by atoms with E-state index in [9.17, 15) is 9.59 Å². The molecule has 0 spiro atoms. The summed E-state index contributed by atoms with van der Waals surface area (Å²) in [5.74, 6) is -0.721. The van der Waals surface area contributed by atoms with Gasteiger partial charge in [0.1, 0.15) is 0 Å². The van der Waals surface area contributed by atoms with Gasteiger partial charge in [0.2, 0.25) is 0 Å². The summed E-state index contributed by atoms with van der Waals surface area (Å²) in [7, 11) is 0. The highest BCUT2D eigenvalue weighted by atomic mass is 127. The van der Waals surface area contributed by atoms with Crippen molar-refractivity contribution in [2.75, 3.05) is 0 Å². The third-order valence-electron chi connectivity index (χ3n) is 1.79. The van der Waals surface area contributed by atoms with Crippen LogP contribution in [0.15, 0.2) is 12.1 Å². The number of hydrogen-bond donors (Lipinski definition) is 1. The van der Waals surface area contributed by atoms with E-state index in [1.807, 2.05) is 22.6 Å². The smallest absolute Gasteiger partial charge is 0.260 e. The molecule has 1 aromatic carbocycles. The highest BCUT2D eigenvalue weighted by Gasteiger charge is 2.29. The zero-order valence-corrected chi connectivity index (χ0v) is 9.14. The molecule has 3 nitrogen and oxygen atoms in total. The van der Waals surface area contributed by atoms with Crippen LogP contribution in [0.5, 0.6) is 0 Å². The van der Waals surface area contributed by atoms with Crippen molar-refractivity contribution >= 4 is 46.0 Å². The molecular formula is C8H3ClINO2. The van der Waals surface area contributed by atoms with Gasteiger partial charge in [-0.25, -0.2) is 0 Å². The maximum atomic E-state index is 11.3. The van der Waals surface area contributed by atoms with E-state index in [0.29, 0.717) is 19.7 Å². The number of rotatable bonds is 0. The average molecular weight is 307 g/mol. The Morgan fingerprint density at radius 2 is 1.92 bits per heavy atom. The zero-order valence-electron chi connectivity index (χ0n) is 6.23. The Bertz CT molecular complexity index is 430. The molecule has 2 amide bonds. The summed E-state index contributed by atoms with van der Waals surface area (Å²) in [6.07, 6.45) is 0. The van der Waals surface area contributed by atoms with Gasteiger partial charge < -0.3 is 0 Å². The summed E-state index contributed by atoms with van der Waals surface area (Å²) in [4.78, 5) is 22.4. The van der Waals surface area contributed by atoms with Crippen LogP contribution in [0.25, 0.3) is 0 Å². The quantitative estimate of drug-likeness (QED) is 0.587. The van der Waals surface area contributed by atoms with Gasteiger partial charge in [-0.3, -0.25) is 14.9 Å². The van der Waals surface area contributed by atoms with Crippen LogP contribution < -0.4 is 5.32 Å². The van der Waals surface area contributed by atoms with Crippen molar-refractivity contribution in [3.63, 3.8) is 0 Å². The molecule has 1 aliphatic rings. The van der Waals surface area contributed by atoms with Crippen molar-refractivity contribution in [2.24, 2.45) is 0 Å². The minimum absolute atomic E-state index is 0.352. The number of benzene rings is 1. The molecule has 2 rings (SSSR count). The largest absolute Gasteiger partial charge is 0.288 e. The van der Waals surface area contributed by atoms with Gasteiger partial charge in [0.25, 0.3) is 11.8 Å². The van der Waals surface area contributed by atoms with Crippen LogP contribution in [0.4, 0.5) is 0 Å². The highest BCUT2D eigenvalue weighted by molar-refractivity contribution is 14.1. The van der Waals surface area contributed by atoms with E-state index in [4.69, 9.17) is 11.6 Å². The fourth-order valence-corrected chi connectivity index (χ4v) is 2.07. The standard InChI is InChI=1S/C8H3ClINO2/c9-4-2-1-3-5(6(4)10)8(13)11-7(3)12/h1-2H,(H,11,12,13). The van der Waals surface area contributed by atoms with Crippen molar-refractivity contribution in [3.8, 4) is 0 Å². The van der Waals surface area contributed by atoms with E-state index >= 15 is 0 Å². The monoisotopic (exact) mass is 307 g/mol. The van der Waals surface area contributed by atoms with Crippen LogP contribution in [0.2, 0.25) is 5.02 Å². The molecule has 1 heterocycles. The third kappa shape index (κ3) is 1.24. The molecule has 1 aromatic rings. The van der Waals surface area contributed by atoms with Gasteiger partial charge in [0.15, 0.2) is 0 Å². The maximum absolute atomic E-state index is 11.3. The summed E-state index contributed by atoms with van der Waals surface area (Å²) < 4.78 is 0.625. The van der Waals surface area contributed by atoms with Gasteiger partial charge in [-0.2, -0.15) is 0 Å². The normalized spacial score (nSPS) is 14.3. The molecule has 0 bridgehead atoms. The summed E-state index contributed by atoms with van der Waals surface area (Å²) in [6, 6.07) is 3.17. The fraction of sp³-hybridized carbons (Fsp3) is 0. The van der Waals surface area contributed by atoms with Crippen LogP contribution in [0, 0.1) is 3.57 Å². The van der Waals surface area contributed by atoms with Crippen molar-refractivity contribution in [1.82, 2.24) is 5.32 Å². The number of amides is 2. The number of carbonyl (C=O) groups is 2. The lowest BCUT2D eigenvalue weighted by Crippen LogP contribution is -2.20. The molecule has 0 aliphatic carbocycles. The van der Waals surface area contributed by atoms with Gasteiger partial charge in [-0.05, 0) is 34.7 Å². The van der Waals surface area contributed by atoms with E-state index in [2.05, 4.69) is 5.32 Å². The van der Waals surface area contributed by atoms with E-state index in [0.717, 1.165) is 0 Å². The molecule has 0 unspecified atom stereocenters. The number of hydrogen-bond acceptors (Lipinski definition) is 2. The lowest BCUT2D eigenvalue weighted by molar-refractivity contribution is 0.0879. The molecule has 0 aromatic heterocycles. The number of imide groups is 1. The number of halogens is 2. The van der Waals surface area contributed by atoms with E-state index in [-0.39, 0.29) is 11.8 Å². The molecule has 0 radical (unpaired) electrons. The first-order chi connectivity index (χ1) is 6.11. The van der Waals surface area contributed by atoms with E-state index in [1.165, 1.54) is 0 Å². The van der Waals surface area contributed by atoms with Crippen LogP contribution in [0.3, 0.4) is 0 Å². The minimum atomic E-state index is -0.369. The number of carbonyl (C=O) groups excluding carboxylic acids is 2. The molecule has 0 saturated heterocycles. The molecule has 0 saturated carbocycles. The summed E-state index contributed by atoms with van der Waals surface area (Å²) in [6.45, 7) is 0. The molecule has 66 valence electrons. The zero-order chi connectivity index (χ0) is 9.59. The summed E-state index contributed by atoms with van der Waals surface area (Å²) in [5.41, 5.74) is 0.789. The summed E-state index contributed by atoms with van der Waals surface area (Å²) in [5, 5.41) is 2.70. The second-order valence-corrected chi connectivity index (χ2v) is 4.05. The Morgan fingerprint density at radius 3 is 2.62 bits per heavy atom. The molecule has 0 fully saturated rings. The Kier molecular flexibility index (Phi) is 2.03. The predicted octanol–water partition coefficient (Wildman–Crippen LogP) is 1.83. The maximum Gasteiger partial charge on any atom is 0.260 e. The van der Waals surface area contributed by atoms with Crippen molar-refractivity contribution in [1.29, 1.82) is 0 Å². The first kappa shape index (κ1) is 8.96. The van der Waals surface area contributed by atoms with Gasteiger partial charge in [0, 0.05) is 3.57 Å². The predicted molar refractivity (Wildman–Crippen MR) is 56.0 cm³/mol. The Labute approximate surface area is 92.6 Å². The van der Waals surface area contributed by atoms with Gasteiger partial charge >= 0.3 is 0 Å². The SMILES string of the molecule is O=C1NC(=O)c2c1ccc(Cl)c2I. The molecule has 0 atom stereocenters. The second kappa shape index (κ2) is 2.95. The molecular weight excluding hydrogens is 304 g/mol. The third-order valence-corrected chi connectivity index (χ3v) is 3.55. The molecule has 13 heavy (non-hydrogen) atoms. The second-order valence-electron chi connectivity index (χ2n) is 2.57. The summed E-state index contributed by atoms with van der Waals surface area (Å²) >= 11 is 7.76. The molecule has 1 aliphatic heterocycles. The van der Waals surface area contributed by atoms with Crippen LogP contribution in [-0.4, -0.2) is 11.8 Å². The first-order valence-corrected chi connectivity index (χ1v) is 4.90. The van der Waals surface area contributed by atoms with Crippen LogP contribution in [-0.2, 0) is 0 Å². The van der Waals surface area contributed by atoms with Gasteiger partial charge in [-0.1, -0.05) is 11.6 Å². The van der Waals surface area contributed by atoms with Gasteiger partial charge in [0.05, 0.1) is 16.1 Å². The van der Waals surface area contributed by atoms with Crippen molar-refractivity contribution in [2.45, 2.75) is 0 Å². The van der Waals surface area contributed by atoms with E-state index < -0.39 is 0 Å². The van der Waals surface area contributed by atoms with Gasteiger partial charge in [-0.15, -0.1) is 0 Å². The van der Waals surface area contributed by atoms with Crippen molar-refractivity contribution < 1.29 is 9.59 Å². The topological polar surface area (TPSA) is 46.2 Å². The average Bonchev–Trinajstić information content (AvgIpc) is 2.35. The van der Waals surface area contributed by atoms with Crippen LogP contribution in [0.1, 0.15) is 20.7 Å². The lowest BCUT2D eigenvalue weighted by atomic mass is 10.1. The van der Waals surface area contributed by atoms with Crippen molar-refractivity contribution in [3.05, 3.63) is 31.9 Å². The Balaban J connectivity index is 2.78. The van der Waals surface area contributed by atoms with E-state index in [1.54, 1.807) is 12.1 Å². The minimum Gasteiger partial charge on any atom is -0.288 e.